The zero-order chi connectivity index (χ0) is 16.7. The summed E-state index contributed by atoms with van der Waals surface area (Å²) >= 11 is 5.15. The zero-order valence-corrected chi connectivity index (χ0v) is 13.9. The van der Waals surface area contributed by atoms with E-state index < -0.39 is 0 Å². The van der Waals surface area contributed by atoms with Crippen LogP contribution in [-0.2, 0) is 0 Å². The number of carbonyl (C=O) groups is 1. The summed E-state index contributed by atoms with van der Waals surface area (Å²) in [5.41, 5.74) is 1.46. The lowest BCUT2D eigenvalue weighted by atomic mass is 10.2. The van der Waals surface area contributed by atoms with Crippen molar-refractivity contribution in [3.63, 3.8) is 0 Å². The third-order valence-electron chi connectivity index (χ3n) is 3.06. The van der Waals surface area contributed by atoms with Crippen LogP contribution in [0.4, 0.5) is 5.82 Å². The number of thiocarbonyl (C=S) groups is 1. The molecule has 23 heavy (non-hydrogen) atoms. The van der Waals surface area contributed by atoms with Gasteiger partial charge in [0.1, 0.15) is 11.6 Å². The molecule has 0 radical (unpaired) electrons. The van der Waals surface area contributed by atoms with Crippen molar-refractivity contribution in [2.24, 2.45) is 0 Å². The molecule has 2 aromatic rings. The molecule has 120 valence electrons. The van der Waals surface area contributed by atoms with Crippen molar-refractivity contribution in [3.8, 4) is 5.75 Å². The first-order valence-corrected chi connectivity index (χ1v) is 7.77. The fourth-order valence-electron chi connectivity index (χ4n) is 1.85. The molecule has 1 amide bonds. The summed E-state index contributed by atoms with van der Waals surface area (Å²) < 4.78 is 5.49. The van der Waals surface area contributed by atoms with Crippen LogP contribution in [0.2, 0.25) is 0 Å². The highest BCUT2D eigenvalue weighted by Gasteiger charge is 2.09. The van der Waals surface area contributed by atoms with Crippen LogP contribution in [-0.4, -0.2) is 22.6 Å². The minimum absolute atomic E-state index is 0.211. The van der Waals surface area contributed by atoms with Gasteiger partial charge in [0.2, 0.25) is 0 Å². The largest absolute Gasteiger partial charge is 0.494 e. The van der Waals surface area contributed by atoms with Gasteiger partial charge in [0.05, 0.1) is 6.61 Å². The number of amides is 1. The molecular formula is C17H19N3O2S. The zero-order valence-electron chi connectivity index (χ0n) is 13.1. The third kappa shape index (κ3) is 5.03. The quantitative estimate of drug-likeness (QED) is 0.824. The molecule has 0 aliphatic heterocycles. The van der Waals surface area contributed by atoms with Crippen molar-refractivity contribution in [3.05, 3.63) is 53.7 Å². The van der Waals surface area contributed by atoms with Gasteiger partial charge in [-0.15, -0.1) is 0 Å². The van der Waals surface area contributed by atoms with Crippen LogP contribution in [0.1, 0.15) is 29.3 Å². The van der Waals surface area contributed by atoms with Gasteiger partial charge in [0, 0.05) is 11.8 Å². The van der Waals surface area contributed by atoms with Crippen molar-refractivity contribution in [2.45, 2.75) is 20.3 Å². The summed E-state index contributed by atoms with van der Waals surface area (Å²) in [5.74, 6) is 1.09. The summed E-state index contributed by atoms with van der Waals surface area (Å²) in [6.07, 6.45) is 2.60. The highest BCUT2D eigenvalue weighted by molar-refractivity contribution is 7.80. The standard InChI is InChI=1S/C17H19N3O2S/c1-3-11-22-14-8-6-13(7-9-14)16(21)20-17(23)19-15-12(2)5-4-10-18-15/h4-10H,3,11H2,1-2H3,(H2,18,19,20,21,23). The number of nitrogens with one attached hydrogen (secondary N) is 2. The van der Waals surface area contributed by atoms with Crippen LogP contribution in [0.5, 0.6) is 5.75 Å². The van der Waals surface area contributed by atoms with E-state index in [9.17, 15) is 4.79 Å². The van der Waals surface area contributed by atoms with Crippen LogP contribution < -0.4 is 15.4 Å². The lowest BCUT2D eigenvalue weighted by molar-refractivity contribution is 0.0977. The predicted octanol–water partition coefficient (Wildman–Crippen LogP) is 3.31. The summed E-state index contributed by atoms with van der Waals surface area (Å²) in [7, 11) is 0. The molecule has 0 saturated heterocycles. The molecule has 1 heterocycles. The van der Waals surface area contributed by atoms with Gasteiger partial charge in [-0.1, -0.05) is 13.0 Å². The van der Waals surface area contributed by atoms with E-state index >= 15 is 0 Å². The van der Waals surface area contributed by atoms with E-state index in [0.29, 0.717) is 18.0 Å². The maximum Gasteiger partial charge on any atom is 0.257 e. The number of aryl methyl sites for hydroxylation is 1. The molecule has 2 N–H and O–H groups in total. The van der Waals surface area contributed by atoms with E-state index in [-0.39, 0.29) is 11.0 Å². The number of hydrogen-bond acceptors (Lipinski definition) is 4. The highest BCUT2D eigenvalue weighted by Crippen LogP contribution is 2.13. The number of benzene rings is 1. The topological polar surface area (TPSA) is 63.2 Å². The molecule has 1 aromatic carbocycles. The molecule has 0 spiro atoms. The molecule has 2 rings (SSSR count). The van der Waals surface area contributed by atoms with Crippen LogP contribution in [0, 0.1) is 6.92 Å². The summed E-state index contributed by atoms with van der Waals surface area (Å²) in [6, 6.07) is 10.7. The van der Waals surface area contributed by atoms with Gasteiger partial charge in [-0.2, -0.15) is 0 Å². The summed E-state index contributed by atoms with van der Waals surface area (Å²) in [5, 5.41) is 5.76. The summed E-state index contributed by atoms with van der Waals surface area (Å²) in [4.78, 5) is 16.3. The van der Waals surface area contributed by atoms with Gasteiger partial charge in [-0.3, -0.25) is 10.1 Å². The Bertz CT molecular complexity index is 686. The summed E-state index contributed by atoms with van der Waals surface area (Å²) in [6.45, 7) is 4.61. The third-order valence-corrected chi connectivity index (χ3v) is 3.26. The van der Waals surface area contributed by atoms with Crippen LogP contribution >= 0.6 is 12.2 Å². The number of ether oxygens (including phenoxy) is 1. The fourth-order valence-corrected chi connectivity index (χ4v) is 2.04. The van der Waals surface area contributed by atoms with Gasteiger partial charge < -0.3 is 10.1 Å². The van der Waals surface area contributed by atoms with Crippen molar-refractivity contribution in [1.29, 1.82) is 0 Å². The Kier molecular flexibility index (Phi) is 6.05. The molecule has 0 bridgehead atoms. The number of carbonyl (C=O) groups excluding carboxylic acids is 1. The molecule has 5 nitrogen and oxygen atoms in total. The van der Waals surface area contributed by atoms with Gasteiger partial charge in [0.25, 0.3) is 5.91 Å². The first-order valence-electron chi connectivity index (χ1n) is 7.37. The number of aromatic nitrogens is 1. The molecule has 0 atom stereocenters. The lowest BCUT2D eigenvalue weighted by Gasteiger charge is -2.11. The number of pyridine rings is 1. The van der Waals surface area contributed by atoms with E-state index in [0.717, 1.165) is 17.7 Å². The Morgan fingerprint density at radius 2 is 2.00 bits per heavy atom. The molecule has 6 heteroatoms. The molecule has 1 aromatic heterocycles. The number of rotatable bonds is 5. The maximum absolute atomic E-state index is 12.2. The molecule has 0 fully saturated rings. The smallest absolute Gasteiger partial charge is 0.257 e. The molecule has 0 aliphatic rings. The Hall–Kier alpha value is -2.47. The first kappa shape index (κ1) is 16.9. The van der Waals surface area contributed by atoms with Crippen LogP contribution in [0.25, 0.3) is 0 Å². The van der Waals surface area contributed by atoms with Gasteiger partial charge in [0.15, 0.2) is 5.11 Å². The normalized spacial score (nSPS) is 10.0. The Morgan fingerprint density at radius 1 is 1.26 bits per heavy atom. The number of hydrogen-bond donors (Lipinski definition) is 2. The highest BCUT2D eigenvalue weighted by atomic mass is 32.1. The van der Waals surface area contributed by atoms with Crippen molar-refractivity contribution >= 4 is 29.1 Å². The van der Waals surface area contributed by atoms with Gasteiger partial charge >= 0.3 is 0 Å². The number of nitrogens with zero attached hydrogens (tertiary/aromatic N) is 1. The van der Waals surface area contributed by atoms with Crippen LogP contribution in [0.3, 0.4) is 0 Å². The van der Waals surface area contributed by atoms with Crippen LogP contribution in [0.15, 0.2) is 42.6 Å². The second-order valence-corrected chi connectivity index (χ2v) is 5.36. The van der Waals surface area contributed by atoms with Gasteiger partial charge in [-0.05, 0) is 61.5 Å². The Morgan fingerprint density at radius 3 is 2.65 bits per heavy atom. The molecule has 0 aliphatic carbocycles. The van der Waals surface area contributed by atoms with E-state index in [1.54, 1.807) is 30.5 Å². The molecule has 0 saturated carbocycles. The maximum atomic E-state index is 12.2. The number of anilines is 1. The average molecular weight is 329 g/mol. The molecule has 0 unspecified atom stereocenters. The minimum Gasteiger partial charge on any atom is -0.494 e. The minimum atomic E-state index is -0.280. The van der Waals surface area contributed by atoms with E-state index in [2.05, 4.69) is 15.6 Å². The molecular weight excluding hydrogens is 310 g/mol. The SMILES string of the molecule is CCCOc1ccc(C(=O)NC(=S)Nc2ncccc2C)cc1. The monoisotopic (exact) mass is 329 g/mol. The Balaban J connectivity index is 1.93. The lowest BCUT2D eigenvalue weighted by Crippen LogP contribution is -2.34. The Labute approximate surface area is 141 Å². The van der Waals surface area contributed by atoms with E-state index in [1.807, 2.05) is 26.0 Å². The van der Waals surface area contributed by atoms with Crippen molar-refractivity contribution in [1.82, 2.24) is 10.3 Å². The second-order valence-electron chi connectivity index (χ2n) is 4.95. The van der Waals surface area contributed by atoms with Crippen molar-refractivity contribution < 1.29 is 9.53 Å². The average Bonchev–Trinajstić information content (AvgIpc) is 2.55. The van der Waals surface area contributed by atoms with E-state index in [1.165, 1.54) is 0 Å². The van der Waals surface area contributed by atoms with Gasteiger partial charge in [-0.25, -0.2) is 4.98 Å². The van der Waals surface area contributed by atoms with E-state index in [4.69, 9.17) is 17.0 Å². The predicted molar refractivity (Wildman–Crippen MR) is 94.9 cm³/mol. The van der Waals surface area contributed by atoms with Crippen molar-refractivity contribution in [2.75, 3.05) is 11.9 Å². The second kappa shape index (κ2) is 8.24. The fraction of sp³-hybridized carbons (Fsp3) is 0.235. The first-order chi connectivity index (χ1) is 11.1.